The second-order valence-electron chi connectivity index (χ2n) is 9.04. The average Bonchev–Trinajstić information content (AvgIpc) is 2.93. The number of carbonyl (C=O) groups is 3. The maximum atomic E-state index is 13.4. The number of rotatable bonds is 10. The molecule has 1 saturated heterocycles. The van der Waals surface area contributed by atoms with Crippen molar-refractivity contribution in [1.82, 2.24) is 5.32 Å². The number of imide groups is 2. The van der Waals surface area contributed by atoms with Crippen molar-refractivity contribution >= 4 is 46.9 Å². The number of nitro groups is 1. The first kappa shape index (κ1) is 29.0. The summed E-state index contributed by atoms with van der Waals surface area (Å²) >= 11 is 6.20. The number of carbonyl (C=O) groups excluding carboxylic acids is 3. The maximum absolute atomic E-state index is 13.4. The summed E-state index contributed by atoms with van der Waals surface area (Å²) in [6.07, 6.45) is 3.42. The van der Waals surface area contributed by atoms with Gasteiger partial charge in [-0.15, -0.1) is 6.58 Å². The van der Waals surface area contributed by atoms with Gasteiger partial charge in [0.05, 0.1) is 17.2 Å². The first-order chi connectivity index (χ1) is 19.6. The van der Waals surface area contributed by atoms with Crippen LogP contribution in [-0.2, 0) is 22.6 Å². The molecule has 0 atom stereocenters. The largest absolute Gasteiger partial charge is 0.490 e. The summed E-state index contributed by atoms with van der Waals surface area (Å²) in [4.78, 5) is 50.0. The highest BCUT2D eigenvalue weighted by Gasteiger charge is 2.37. The van der Waals surface area contributed by atoms with Crippen LogP contribution in [0.15, 0.2) is 72.8 Å². The smallest absolute Gasteiger partial charge is 0.335 e. The molecule has 3 aromatic carbocycles. The fourth-order valence-electron chi connectivity index (χ4n) is 4.15. The predicted octanol–water partition coefficient (Wildman–Crippen LogP) is 5.93. The first-order valence-corrected chi connectivity index (χ1v) is 12.9. The number of allylic oxidation sites excluding steroid dienone is 1. The van der Waals surface area contributed by atoms with Crippen LogP contribution in [0.1, 0.15) is 29.2 Å². The Bertz CT molecular complexity index is 1580. The number of benzene rings is 3. The zero-order valence-corrected chi connectivity index (χ0v) is 23.1. The number of aryl methyl sites for hydroxylation is 1. The van der Waals surface area contributed by atoms with E-state index < -0.39 is 22.8 Å². The normalized spacial score (nSPS) is 14.2. The Hall–Kier alpha value is -4.96. The minimum atomic E-state index is -0.880. The molecule has 4 rings (SSSR count). The number of halogens is 1. The number of hydrogen-bond donors (Lipinski definition) is 1. The van der Waals surface area contributed by atoms with Crippen LogP contribution in [0.25, 0.3) is 6.08 Å². The van der Waals surface area contributed by atoms with Gasteiger partial charge in [0.1, 0.15) is 12.2 Å². The molecule has 0 spiro atoms. The van der Waals surface area contributed by atoms with E-state index in [1.165, 1.54) is 24.3 Å². The van der Waals surface area contributed by atoms with Crippen LogP contribution in [0.3, 0.4) is 0 Å². The Morgan fingerprint density at radius 2 is 1.80 bits per heavy atom. The van der Waals surface area contributed by atoms with Crippen molar-refractivity contribution in [3.05, 3.63) is 110 Å². The molecule has 11 heteroatoms. The molecule has 0 aromatic heterocycles. The van der Waals surface area contributed by atoms with Crippen LogP contribution in [0.5, 0.6) is 11.5 Å². The quantitative estimate of drug-likeness (QED) is 0.104. The molecule has 0 aliphatic carbocycles. The van der Waals surface area contributed by atoms with E-state index in [4.69, 9.17) is 21.1 Å². The average molecular weight is 576 g/mol. The molecule has 0 saturated carbocycles. The lowest BCUT2D eigenvalue weighted by atomic mass is 10.0. The SMILES string of the molecule is C=CCc1cc(/C=C2/C(=O)NC(=O)N(c3ccc(C)c(Cl)c3)C2=O)cc(OCC)c1OCc1ccc([N+](=O)[O-])cc1. The molecular weight excluding hydrogens is 550 g/mol. The van der Waals surface area contributed by atoms with Gasteiger partial charge in [-0.25, -0.2) is 9.69 Å². The van der Waals surface area contributed by atoms with Gasteiger partial charge in [-0.1, -0.05) is 23.7 Å². The fraction of sp³-hybridized carbons (Fsp3) is 0.167. The molecule has 41 heavy (non-hydrogen) atoms. The number of amides is 4. The van der Waals surface area contributed by atoms with Gasteiger partial charge < -0.3 is 9.47 Å². The highest BCUT2D eigenvalue weighted by molar-refractivity contribution is 6.39. The number of barbiturate groups is 1. The summed E-state index contributed by atoms with van der Waals surface area (Å²) < 4.78 is 11.9. The van der Waals surface area contributed by atoms with Crippen molar-refractivity contribution in [1.29, 1.82) is 0 Å². The third-order valence-corrected chi connectivity index (χ3v) is 6.58. The molecule has 210 valence electrons. The van der Waals surface area contributed by atoms with Crippen molar-refractivity contribution in [3.8, 4) is 11.5 Å². The van der Waals surface area contributed by atoms with Crippen LogP contribution >= 0.6 is 11.6 Å². The summed E-state index contributed by atoms with van der Waals surface area (Å²) in [5.41, 5.74) is 2.54. The van der Waals surface area contributed by atoms with Crippen LogP contribution in [0.4, 0.5) is 16.2 Å². The Morgan fingerprint density at radius 1 is 1.07 bits per heavy atom. The molecule has 1 aliphatic rings. The van der Waals surface area contributed by atoms with Gasteiger partial charge in [-0.05, 0) is 79.4 Å². The molecular formula is C30H26ClN3O7. The molecule has 1 fully saturated rings. The summed E-state index contributed by atoms with van der Waals surface area (Å²) in [6, 6.07) is 13.2. The van der Waals surface area contributed by atoms with Crippen molar-refractivity contribution < 1.29 is 28.8 Å². The number of nitro benzene ring substituents is 1. The Balaban J connectivity index is 1.70. The van der Waals surface area contributed by atoms with Crippen molar-refractivity contribution in [3.63, 3.8) is 0 Å². The lowest BCUT2D eigenvalue weighted by Crippen LogP contribution is -2.54. The van der Waals surface area contributed by atoms with E-state index in [1.807, 2.05) is 0 Å². The van der Waals surface area contributed by atoms with Crippen LogP contribution < -0.4 is 19.7 Å². The summed E-state index contributed by atoms with van der Waals surface area (Å²) in [6.45, 7) is 7.80. The third-order valence-electron chi connectivity index (χ3n) is 6.17. The second-order valence-corrected chi connectivity index (χ2v) is 9.44. The second kappa shape index (κ2) is 12.5. The molecule has 10 nitrogen and oxygen atoms in total. The van der Waals surface area contributed by atoms with E-state index in [0.717, 1.165) is 10.5 Å². The Morgan fingerprint density at radius 3 is 2.44 bits per heavy atom. The van der Waals surface area contributed by atoms with Gasteiger partial charge in [0.15, 0.2) is 11.5 Å². The Labute approximate surface area is 241 Å². The summed E-state index contributed by atoms with van der Waals surface area (Å²) in [5, 5.41) is 13.5. The fourth-order valence-corrected chi connectivity index (χ4v) is 4.32. The van der Waals surface area contributed by atoms with Crippen LogP contribution in [-0.4, -0.2) is 29.4 Å². The Kier molecular flexibility index (Phi) is 8.84. The number of ether oxygens (including phenoxy) is 2. The van der Waals surface area contributed by atoms with E-state index in [9.17, 15) is 24.5 Å². The molecule has 4 amide bonds. The van der Waals surface area contributed by atoms with Crippen molar-refractivity contribution in [2.45, 2.75) is 26.9 Å². The number of anilines is 1. The zero-order valence-electron chi connectivity index (χ0n) is 22.3. The number of nitrogens with one attached hydrogen (secondary N) is 1. The van der Waals surface area contributed by atoms with E-state index in [-0.39, 0.29) is 23.6 Å². The standard InChI is InChI=1S/C30H26ClN3O7/c1-4-6-21-13-20(15-26(40-5-2)27(21)41-17-19-8-11-22(12-9-19)34(38)39)14-24-28(35)32-30(37)33(29(24)36)23-10-7-18(3)25(31)16-23/h4,7-16H,1,5-6,17H2,2-3H3,(H,32,35,37)/b24-14-. The highest BCUT2D eigenvalue weighted by Crippen LogP contribution is 2.36. The van der Waals surface area contributed by atoms with E-state index in [1.54, 1.807) is 56.3 Å². The van der Waals surface area contributed by atoms with Crippen LogP contribution in [0.2, 0.25) is 5.02 Å². The van der Waals surface area contributed by atoms with Gasteiger partial charge >= 0.3 is 6.03 Å². The number of non-ortho nitro benzene ring substituents is 1. The lowest BCUT2D eigenvalue weighted by molar-refractivity contribution is -0.384. The highest BCUT2D eigenvalue weighted by atomic mass is 35.5. The van der Waals surface area contributed by atoms with E-state index in [2.05, 4.69) is 11.9 Å². The van der Waals surface area contributed by atoms with Gasteiger partial charge in [0.25, 0.3) is 17.5 Å². The number of hydrogen-bond acceptors (Lipinski definition) is 7. The third kappa shape index (κ3) is 6.44. The molecule has 1 aliphatic heterocycles. The number of nitrogens with zero attached hydrogens (tertiary/aromatic N) is 2. The van der Waals surface area contributed by atoms with Crippen molar-refractivity contribution in [2.75, 3.05) is 11.5 Å². The first-order valence-electron chi connectivity index (χ1n) is 12.6. The van der Waals surface area contributed by atoms with Gasteiger partial charge in [-0.3, -0.25) is 25.0 Å². The monoisotopic (exact) mass is 575 g/mol. The van der Waals surface area contributed by atoms with Gasteiger partial charge in [-0.2, -0.15) is 0 Å². The van der Waals surface area contributed by atoms with E-state index >= 15 is 0 Å². The van der Waals surface area contributed by atoms with Gasteiger partial charge in [0.2, 0.25) is 0 Å². The summed E-state index contributed by atoms with van der Waals surface area (Å²) in [7, 11) is 0. The van der Waals surface area contributed by atoms with Crippen molar-refractivity contribution in [2.24, 2.45) is 0 Å². The number of urea groups is 1. The topological polar surface area (TPSA) is 128 Å². The molecule has 1 heterocycles. The molecule has 0 unspecified atom stereocenters. The minimum absolute atomic E-state index is 0.0273. The lowest BCUT2D eigenvalue weighted by Gasteiger charge is -2.26. The summed E-state index contributed by atoms with van der Waals surface area (Å²) in [5.74, 6) is -0.850. The molecule has 3 aromatic rings. The van der Waals surface area contributed by atoms with E-state index in [0.29, 0.717) is 46.2 Å². The van der Waals surface area contributed by atoms with Gasteiger partial charge in [0, 0.05) is 22.7 Å². The molecule has 1 N–H and O–H groups in total. The minimum Gasteiger partial charge on any atom is -0.490 e. The molecule has 0 bridgehead atoms. The maximum Gasteiger partial charge on any atom is 0.335 e. The van der Waals surface area contributed by atoms with Crippen LogP contribution in [0, 0.1) is 17.0 Å². The zero-order chi connectivity index (χ0) is 29.7. The molecule has 0 radical (unpaired) electrons. The predicted molar refractivity (Wildman–Crippen MR) is 154 cm³/mol.